The Morgan fingerprint density at radius 3 is 2.92 bits per heavy atom. The molecule has 2 saturated heterocycles. The molecule has 5 nitrogen and oxygen atoms in total. The van der Waals surface area contributed by atoms with Crippen LogP contribution in [0.1, 0.15) is 24.8 Å². The highest BCUT2D eigenvalue weighted by atomic mass is 19.1. The second-order valence-corrected chi connectivity index (χ2v) is 7.08. The Kier molecular flexibility index (Phi) is 3.35. The number of phenolic OH excluding ortho intramolecular Hbond substituents is 1. The predicted molar refractivity (Wildman–Crippen MR) is 85.4 cm³/mol. The van der Waals surface area contributed by atoms with Crippen LogP contribution < -0.4 is 5.32 Å². The third kappa shape index (κ3) is 2.20. The zero-order chi connectivity index (χ0) is 17.1. The van der Waals surface area contributed by atoms with Crippen molar-refractivity contribution in [3.63, 3.8) is 0 Å². The number of hydrogen-bond donors (Lipinski definition) is 2. The van der Waals surface area contributed by atoms with Crippen molar-refractivity contribution >= 4 is 5.91 Å². The minimum Gasteiger partial charge on any atom is -0.508 e. The van der Waals surface area contributed by atoms with Gasteiger partial charge in [0.1, 0.15) is 22.9 Å². The normalized spacial score (nSPS) is 33.2. The van der Waals surface area contributed by atoms with E-state index >= 15 is 0 Å². The van der Waals surface area contributed by atoms with Gasteiger partial charge in [-0.3, -0.25) is 4.79 Å². The molecule has 1 aromatic rings. The Balaban J connectivity index is 1.80. The molecule has 2 aliphatic heterocycles. The summed E-state index contributed by atoms with van der Waals surface area (Å²) in [5.74, 6) is -0.140. The maximum Gasteiger partial charge on any atom is 0.233 e. The lowest BCUT2D eigenvalue weighted by Crippen LogP contribution is -2.66. The van der Waals surface area contributed by atoms with E-state index in [0.717, 1.165) is 12.8 Å². The Labute approximate surface area is 140 Å². The van der Waals surface area contributed by atoms with E-state index in [4.69, 9.17) is 4.74 Å². The van der Waals surface area contributed by atoms with Gasteiger partial charge in [0, 0.05) is 12.6 Å². The van der Waals surface area contributed by atoms with Crippen LogP contribution in [0.5, 0.6) is 5.75 Å². The maximum absolute atomic E-state index is 14.6. The molecule has 1 aliphatic carbocycles. The van der Waals surface area contributed by atoms with E-state index in [9.17, 15) is 14.3 Å². The van der Waals surface area contributed by atoms with Crippen LogP contribution in [0.2, 0.25) is 0 Å². The summed E-state index contributed by atoms with van der Waals surface area (Å²) in [6.07, 6.45) is 2.82. The van der Waals surface area contributed by atoms with Crippen LogP contribution in [0.15, 0.2) is 30.6 Å². The van der Waals surface area contributed by atoms with Crippen molar-refractivity contribution in [2.75, 3.05) is 13.7 Å². The third-order valence-electron chi connectivity index (χ3n) is 5.57. The van der Waals surface area contributed by atoms with Crippen molar-refractivity contribution in [3.8, 4) is 5.75 Å². The Bertz CT molecular complexity index is 718. The topological polar surface area (TPSA) is 61.8 Å². The number of carbonyl (C=O) groups is 1. The van der Waals surface area contributed by atoms with Gasteiger partial charge in [0.15, 0.2) is 0 Å². The first-order chi connectivity index (χ1) is 11.4. The average molecular weight is 332 g/mol. The van der Waals surface area contributed by atoms with Gasteiger partial charge < -0.3 is 20.1 Å². The molecule has 2 N–H and O–H groups in total. The van der Waals surface area contributed by atoms with Gasteiger partial charge in [-0.2, -0.15) is 0 Å². The molecule has 2 heterocycles. The van der Waals surface area contributed by atoms with Crippen LogP contribution in [0.4, 0.5) is 4.39 Å². The van der Waals surface area contributed by atoms with Crippen molar-refractivity contribution in [2.45, 2.75) is 30.9 Å². The molecule has 3 fully saturated rings. The molecule has 128 valence electrons. The molecule has 6 heteroatoms. The number of carbonyl (C=O) groups excluding carboxylic acids is 1. The fourth-order valence-corrected chi connectivity index (χ4v) is 3.97. The summed E-state index contributed by atoms with van der Waals surface area (Å²) < 4.78 is 20.6. The van der Waals surface area contributed by atoms with Crippen molar-refractivity contribution in [3.05, 3.63) is 42.0 Å². The minimum absolute atomic E-state index is 0.0361. The van der Waals surface area contributed by atoms with Gasteiger partial charge in [0.05, 0.1) is 18.6 Å². The lowest BCUT2D eigenvalue weighted by molar-refractivity contribution is -0.155. The second-order valence-electron chi connectivity index (χ2n) is 7.08. The first-order valence-electron chi connectivity index (χ1n) is 8.27. The van der Waals surface area contributed by atoms with E-state index in [-0.39, 0.29) is 29.9 Å². The largest absolute Gasteiger partial charge is 0.508 e. The fraction of sp³-hybridized carbons (Fsp3) is 0.500. The molecule has 0 radical (unpaired) electrons. The molecule has 4 rings (SSSR count). The highest BCUT2D eigenvalue weighted by Gasteiger charge is 2.56. The zero-order valence-electron chi connectivity index (χ0n) is 13.6. The van der Waals surface area contributed by atoms with E-state index < -0.39 is 17.3 Å². The number of aromatic hydroxyl groups is 1. The zero-order valence-corrected chi connectivity index (χ0v) is 13.6. The van der Waals surface area contributed by atoms with E-state index in [1.165, 1.54) is 23.1 Å². The van der Waals surface area contributed by atoms with Gasteiger partial charge in [0.2, 0.25) is 5.91 Å². The van der Waals surface area contributed by atoms with Crippen LogP contribution in [-0.2, 0) is 15.1 Å². The molecule has 3 atom stereocenters. The number of nitrogens with one attached hydrogen (secondary N) is 1. The first kappa shape index (κ1) is 15.4. The molecule has 1 aromatic carbocycles. The maximum atomic E-state index is 14.6. The van der Waals surface area contributed by atoms with Crippen molar-refractivity contribution in [1.29, 1.82) is 0 Å². The Morgan fingerprint density at radius 2 is 2.21 bits per heavy atom. The third-order valence-corrected chi connectivity index (χ3v) is 5.57. The van der Waals surface area contributed by atoms with Crippen LogP contribution in [0.25, 0.3) is 0 Å². The summed E-state index contributed by atoms with van der Waals surface area (Å²) in [6, 6.07) is 3.89. The van der Waals surface area contributed by atoms with Gasteiger partial charge in [-0.05, 0) is 43.4 Å². The lowest BCUT2D eigenvalue weighted by atomic mass is 9.71. The van der Waals surface area contributed by atoms with Gasteiger partial charge in [-0.1, -0.05) is 6.58 Å². The summed E-state index contributed by atoms with van der Waals surface area (Å²) in [6.45, 7) is 4.06. The number of amides is 1. The summed E-state index contributed by atoms with van der Waals surface area (Å²) >= 11 is 0. The Morgan fingerprint density at radius 1 is 1.46 bits per heavy atom. The number of benzene rings is 1. The SMILES string of the molecule is C=C1N[C@@]2(c3cc(O)ccc3F)CO[C@@H](C3CC3)C[C@H]2C(=O)N1C. The lowest BCUT2D eigenvalue weighted by Gasteiger charge is -2.52. The number of halogens is 1. The van der Waals surface area contributed by atoms with Crippen molar-refractivity contribution in [2.24, 2.45) is 11.8 Å². The molecule has 0 aromatic heterocycles. The molecule has 3 aliphatic rings. The van der Waals surface area contributed by atoms with Crippen LogP contribution in [0.3, 0.4) is 0 Å². The van der Waals surface area contributed by atoms with E-state index in [2.05, 4.69) is 11.9 Å². The van der Waals surface area contributed by atoms with E-state index in [0.29, 0.717) is 18.2 Å². The second kappa shape index (κ2) is 5.21. The number of phenols is 1. The standard InChI is InChI=1S/C18H21FN2O3/c1-10-20-18(13-7-12(22)5-6-15(13)19)9-24-16(11-3-4-11)8-14(18)17(23)21(10)2/h5-7,11,14,16,20,22H,1,3-4,8-9H2,2H3/t14-,16+,18+/m0/s1. The molecule has 0 unspecified atom stereocenters. The van der Waals surface area contributed by atoms with E-state index in [1.807, 2.05) is 0 Å². The van der Waals surface area contributed by atoms with Crippen LogP contribution in [-0.4, -0.2) is 35.7 Å². The first-order valence-corrected chi connectivity index (χ1v) is 8.27. The van der Waals surface area contributed by atoms with Crippen molar-refractivity contribution < 1.29 is 19.0 Å². The van der Waals surface area contributed by atoms with Gasteiger partial charge in [-0.25, -0.2) is 4.39 Å². The fourth-order valence-electron chi connectivity index (χ4n) is 3.97. The van der Waals surface area contributed by atoms with Gasteiger partial charge >= 0.3 is 0 Å². The molecule has 0 bridgehead atoms. The molecular formula is C18H21FN2O3. The van der Waals surface area contributed by atoms with E-state index in [1.54, 1.807) is 7.05 Å². The number of ether oxygens (including phenoxy) is 1. The smallest absolute Gasteiger partial charge is 0.233 e. The molecule has 1 saturated carbocycles. The average Bonchev–Trinajstić information content (AvgIpc) is 3.40. The van der Waals surface area contributed by atoms with Gasteiger partial charge in [0.25, 0.3) is 0 Å². The molecule has 24 heavy (non-hydrogen) atoms. The highest BCUT2D eigenvalue weighted by molar-refractivity contribution is 5.83. The van der Waals surface area contributed by atoms with Crippen LogP contribution in [0, 0.1) is 17.7 Å². The molecular weight excluding hydrogens is 311 g/mol. The monoisotopic (exact) mass is 332 g/mol. The predicted octanol–water partition coefficient (Wildman–Crippen LogP) is 2.07. The summed E-state index contributed by atoms with van der Waals surface area (Å²) in [7, 11) is 1.67. The highest BCUT2D eigenvalue weighted by Crippen LogP contribution is 2.48. The number of fused-ring (bicyclic) bond motifs is 1. The molecule has 0 spiro atoms. The van der Waals surface area contributed by atoms with Crippen molar-refractivity contribution in [1.82, 2.24) is 10.2 Å². The summed E-state index contributed by atoms with van der Waals surface area (Å²) in [4.78, 5) is 14.4. The Hall–Kier alpha value is -2.08. The molecule has 1 amide bonds. The number of nitrogens with zero attached hydrogens (tertiary/aromatic N) is 1. The summed E-state index contributed by atoms with van der Waals surface area (Å²) in [5, 5.41) is 13.0. The van der Waals surface area contributed by atoms with Gasteiger partial charge in [-0.15, -0.1) is 0 Å². The minimum atomic E-state index is -1.03. The summed E-state index contributed by atoms with van der Waals surface area (Å²) in [5.41, 5.74) is -0.779. The quantitative estimate of drug-likeness (QED) is 0.870. The van der Waals surface area contributed by atoms with Crippen LogP contribution >= 0.6 is 0 Å². The number of rotatable bonds is 2. The number of hydrogen-bond acceptors (Lipinski definition) is 4.